The van der Waals surface area contributed by atoms with Crippen LogP contribution in [-0.4, -0.2) is 87.1 Å². The first-order chi connectivity index (χ1) is 16.3. The van der Waals surface area contributed by atoms with Crippen molar-refractivity contribution in [3.63, 3.8) is 0 Å². The summed E-state index contributed by atoms with van der Waals surface area (Å²) in [4.78, 5) is 69.7. The molecule has 10 N–H and O–H groups in total. The zero-order valence-corrected chi connectivity index (χ0v) is 21.1. The number of aliphatic hydroxyl groups excluding tert-OH is 2. The number of aliphatic carboxylic acids is 1. The summed E-state index contributed by atoms with van der Waals surface area (Å²) >= 11 is 3.65. The van der Waals surface area contributed by atoms with Gasteiger partial charge in [0.15, 0.2) is 6.23 Å². The lowest BCUT2D eigenvalue weighted by atomic mass is 10.1. The normalized spacial score (nSPS) is 26.2. The molecule has 1 aromatic rings. The van der Waals surface area contributed by atoms with Crippen LogP contribution in [0.5, 0.6) is 0 Å². The number of carboxylic acids is 1. The number of phosphoric ester groups is 1. The number of aliphatic hydroxyl groups is 2. The van der Waals surface area contributed by atoms with E-state index in [1.807, 2.05) is 4.98 Å². The number of nitrogens with one attached hydrogen (secondary N) is 1. The second-order valence-electron chi connectivity index (χ2n) is 6.58. The van der Waals surface area contributed by atoms with Crippen molar-refractivity contribution in [1.82, 2.24) is 9.55 Å². The summed E-state index contributed by atoms with van der Waals surface area (Å²) in [5.74, 6) is -0.815. The minimum Gasteiger partial charge on any atom is -0.480 e. The minimum absolute atomic E-state index is 0.190. The molecule has 20 nitrogen and oxygen atoms in total. The van der Waals surface area contributed by atoms with Gasteiger partial charge in [0.1, 0.15) is 24.4 Å². The summed E-state index contributed by atoms with van der Waals surface area (Å²) in [7, 11) is -16.8. The van der Waals surface area contributed by atoms with E-state index in [9.17, 15) is 43.2 Å². The molecule has 2 rings (SSSR count). The number of carboxylic acid groups (broad SMARTS) is 1. The summed E-state index contributed by atoms with van der Waals surface area (Å²) < 4.78 is 50.6. The number of rotatable bonds is 10. The molecule has 0 saturated carbocycles. The number of thiol groups is 1. The molecular weight excluding hydrogens is 583 g/mol. The summed E-state index contributed by atoms with van der Waals surface area (Å²) in [6.45, 7) is -1.05. The molecule has 0 amide bonds. The van der Waals surface area contributed by atoms with Crippen molar-refractivity contribution in [2.24, 2.45) is 5.73 Å². The Hall–Kier alpha value is -1.25. The van der Waals surface area contributed by atoms with Crippen molar-refractivity contribution in [3.05, 3.63) is 33.1 Å². The Bertz CT molecular complexity index is 1170. The maximum absolute atomic E-state index is 11.7. The highest BCUT2D eigenvalue weighted by atomic mass is 32.1. The molecule has 36 heavy (non-hydrogen) atoms. The summed E-state index contributed by atoms with van der Waals surface area (Å²) in [5.41, 5.74) is 3.20. The molecule has 0 radical (unpaired) electrons. The number of hydrogen-bond donors (Lipinski definition) is 10. The van der Waals surface area contributed by atoms with Crippen LogP contribution < -0.4 is 17.0 Å². The number of aromatic nitrogens is 2. The van der Waals surface area contributed by atoms with Crippen LogP contribution in [0.15, 0.2) is 21.9 Å². The lowest BCUT2D eigenvalue weighted by Crippen LogP contribution is -2.37. The molecule has 0 spiro atoms. The second kappa shape index (κ2) is 13.0. The highest BCUT2D eigenvalue weighted by Crippen LogP contribution is 2.66. The van der Waals surface area contributed by atoms with Crippen molar-refractivity contribution < 1.29 is 71.3 Å². The van der Waals surface area contributed by atoms with Gasteiger partial charge in [0.2, 0.25) is 0 Å². The van der Waals surface area contributed by atoms with E-state index in [2.05, 4.69) is 25.8 Å². The highest BCUT2D eigenvalue weighted by molar-refractivity contribution is 7.80. The number of nitrogens with two attached hydrogens (primary N) is 1. The third-order valence-corrected chi connectivity index (χ3v) is 7.99. The van der Waals surface area contributed by atoms with Gasteiger partial charge in [0.05, 0.1) is 6.61 Å². The number of nitrogens with zero attached hydrogens (tertiary/aromatic N) is 1. The van der Waals surface area contributed by atoms with Crippen molar-refractivity contribution in [1.29, 1.82) is 0 Å². The van der Waals surface area contributed by atoms with Gasteiger partial charge in [-0.2, -0.15) is 21.3 Å². The van der Waals surface area contributed by atoms with Crippen molar-refractivity contribution in [3.8, 4) is 0 Å². The van der Waals surface area contributed by atoms with Crippen LogP contribution in [-0.2, 0) is 36.4 Å². The zero-order chi connectivity index (χ0) is 28.1. The molecule has 0 aromatic carbocycles. The third kappa shape index (κ3) is 10.6. The van der Waals surface area contributed by atoms with E-state index in [0.717, 1.165) is 12.3 Å². The van der Waals surface area contributed by atoms with E-state index in [1.54, 1.807) is 0 Å². The maximum atomic E-state index is 11.7. The predicted octanol–water partition coefficient (Wildman–Crippen LogP) is -3.17. The Kier molecular flexibility index (Phi) is 11.8. The van der Waals surface area contributed by atoms with Gasteiger partial charge in [-0.1, -0.05) is 0 Å². The van der Waals surface area contributed by atoms with Gasteiger partial charge in [-0.05, 0) is 0 Å². The van der Waals surface area contributed by atoms with Crippen LogP contribution in [0.1, 0.15) is 6.23 Å². The number of phosphoric acid groups is 3. The number of ether oxygens (including phenoxy) is 1. The molecule has 0 aliphatic carbocycles. The fraction of sp³-hybridized carbons (Fsp3) is 0.583. The van der Waals surface area contributed by atoms with E-state index in [4.69, 9.17) is 30.3 Å². The molecule has 1 fully saturated rings. The second-order valence-corrected chi connectivity index (χ2v) is 11.4. The van der Waals surface area contributed by atoms with E-state index >= 15 is 0 Å². The number of aromatic amines is 1. The minimum atomic E-state index is -5.73. The molecule has 2 heterocycles. The van der Waals surface area contributed by atoms with Crippen LogP contribution >= 0.6 is 36.1 Å². The third-order valence-electron chi connectivity index (χ3n) is 3.79. The summed E-state index contributed by atoms with van der Waals surface area (Å²) in [5, 5.41) is 27.9. The van der Waals surface area contributed by atoms with Crippen LogP contribution in [0.25, 0.3) is 0 Å². The first-order valence-corrected chi connectivity index (χ1v) is 14.1. The Balaban J connectivity index is 0.000000809. The zero-order valence-electron chi connectivity index (χ0n) is 17.5. The average Bonchev–Trinajstić information content (AvgIpc) is 2.98. The van der Waals surface area contributed by atoms with Gasteiger partial charge in [0, 0.05) is 18.0 Å². The Morgan fingerprint density at radius 1 is 1.14 bits per heavy atom. The Morgan fingerprint density at radius 2 is 1.72 bits per heavy atom. The van der Waals surface area contributed by atoms with Crippen LogP contribution in [0, 0.1) is 0 Å². The van der Waals surface area contributed by atoms with Crippen molar-refractivity contribution in [2.45, 2.75) is 30.6 Å². The van der Waals surface area contributed by atoms with Crippen LogP contribution in [0.3, 0.4) is 0 Å². The fourth-order valence-corrected chi connectivity index (χ4v) is 5.46. The highest BCUT2D eigenvalue weighted by Gasteiger charge is 2.46. The molecule has 1 saturated heterocycles. The van der Waals surface area contributed by atoms with Gasteiger partial charge in [0.25, 0.3) is 5.56 Å². The van der Waals surface area contributed by atoms with E-state index < -0.39 is 77.9 Å². The Morgan fingerprint density at radius 3 is 2.17 bits per heavy atom. The van der Waals surface area contributed by atoms with Crippen molar-refractivity contribution in [2.75, 3.05) is 12.4 Å². The molecule has 1 aliphatic rings. The van der Waals surface area contributed by atoms with Gasteiger partial charge < -0.3 is 45.4 Å². The average molecular weight is 605 g/mol. The molecule has 1 aromatic heterocycles. The molecule has 7 atom stereocenters. The Labute approximate surface area is 205 Å². The summed E-state index contributed by atoms with van der Waals surface area (Å²) in [6.07, 6.45) is -5.70. The first kappa shape index (κ1) is 32.8. The summed E-state index contributed by atoms with van der Waals surface area (Å²) in [6, 6.07) is 0.104. The van der Waals surface area contributed by atoms with Gasteiger partial charge in [-0.3, -0.25) is 23.7 Å². The maximum Gasteiger partial charge on any atom is 0.490 e. The van der Waals surface area contributed by atoms with Crippen molar-refractivity contribution >= 4 is 42.1 Å². The molecule has 1 aliphatic heterocycles. The standard InChI is InChI=1S/C9H15N2O15P3.C3H7NO2S/c12-5-1-2-11(9(15)10-5)8-7(14)6(13)4(24-8)3-23-28(19,20)26-29(21,22)25-27(16,17)18;4-2(1-7)3(5)6/h1-2,4,6-8,13-14H,3H2,(H,19,20)(H,21,22)(H,10,12,15)(H2,16,17,18);2,7H,1,4H2,(H,5,6)/t4-,6-,7-,8-;2-/m10/s1. The van der Waals surface area contributed by atoms with E-state index in [-0.39, 0.29) is 5.75 Å². The number of H-pyrrole nitrogens is 1. The lowest BCUT2D eigenvalue weighted by Gasteiger charge is -2.19. The fourth-order valence-electron chi connectivity index (χ4n) is 2.27. The first-order valence-electron chi connectivity index (χ1n) is 8.99. The molecule has 24 heteroatoms. The molecule has 208 valence electrons. The predicted molar refractivity (Wildman–Crippen MR) is 117 cm³/mol. The molecule has 2 unspecified atom stereocenters. The van der Waals surface area contributed by atoms with Gasteiger partial charge in [-0.15, -0.1) is 0 Å². The van der Waals surface area contributed by atoms with Gasteiger partial charge in [-0.25, -0.2) is 18.5 Å². The topological polar surface area (TPSA) is 328 Å². The largest absolute Gasteiger partial charge is 0.490 e. The van der Waals surface area contributed by atoms with Crippen LogP contribution in [0.4, 0.5) is 0 Å². The molecular formula is C12H22N3O17P3S. The van der Waals surface area contributed by atoms with E-state index in [0.29, 0.717) is 4.57 Å². The van der Waals surface area contributed by atoms with Gasteiger partial charge >= 0.3 is 35.1 Å². The number of hydrogen-bond acceptors (Lipinski definition) is 14. The lowest BCUT2D eigenvalue weighted by molar-refractivity contribution is -0.137. The smallest absolute Gasteiger partial charge is 0.480 e. The SMILES string of the molecule is N[C@@H](CS)C(=O)O.O=c1ccn([C@@H]2O[C@H](COP(=O)(O)OP(=O)(O)OP(=O)(O)O)[C@@H](O)[C@H]2O)c(=O)[nH]1. The molecule has 0 bridgehead atoms. The number of carbonyl (C=O) groups is 1. The monoisotopic (exact) mass is 605 g/mol. The van der Waals surface area contributed by atoms with E-state index in [1.165, 1.54) is 0 Å². The quantitative estimate of drug-likeness (QED) is 0.0928. The van der Waals surface area contributed by atoms with Crippen LogP contribution in [0.2, 0.25) is 0 Å².